The van der Waals surface area contributed by atoms with Crippen molar-refractivity contribution >= 4 is 35.3 Å². The van der Waals surface area contributed by atoms with E-state index in [1.165, 1.54) is 42.6 Å². The molecule has 0 bridgehead atoms. The number of nitrogens with two attached hydrogens (primary N) is 1. The molecule has 1 spiro atoms. The van der Waals surface area contributed by atoms with Crippen LogP contribution in [0.1, 0.15) is 46.7 Å². The molecule has 23 heavy (non-hydrogen) atoms. The second-order valence-electron chi connectivity index (χ2n) is 6.23. The van der Waals surface area contributed by atoms with Crippen LogP contribution in [0, 0.1) is 0 Å². The summed E-state index contributed by atoms with van der Waals surface area (Å²) in [5.74, 6) is 0.00664. The maximum Gasteiger partial charge on any atom is 0.277 e. The fourth-order valence-corrected chi connectivity index (χ4v) is 4.58. The van der Waals surface area contributed by atoms with Crippen LogP contribution in [-0.2, 0) is 12.0 Å². The Morgan fingerprint density at radius 2 is 2.04 bits per heavy atom. The van der Waals surface area contributed by atoms with E-state index < -0.39 is 0 Å². The van der Waals surface area contributed by atoms with Crippen molar-refractivity contribution < 1.29 is 4.79 Å². The number of hydrogen-bond donors (Lipinski definition) is 1. The van der Waals surface area contributed by atoms with Crippen molar-refractivity contribution in [3.05, 3.63) is 45.9 Å². The van der Waals surface area contributed by atoms with Gasteiger partial charge in [0.25, 0.3) is 5.91 Å². The van der Waals surface area contributed by atoms with Crippen LogP contribution < -0.4 is 10.6 Å². The predicted octanol–water partition coefficient (Wildman–Crippen LogP) is 3.50. The van der Waals surface area contributed by atoms with Crippen LogP contribution >= 0.6 is 23.7 Å². The van der Waals surface area contributed by atoms with Crippen molar-refractivity contribution in [2.45, 2.75) is 37.6 Å². The zero-order valence-electron chi connectivity index (χ0n) is 12.8. The third-order valence-electron chi connectivity index (χ3n) is 4.98. The third kappa shape index (κ3) is 2.57. The summed E-state index contributed by atoms with van der Waals surface area (Å²) in [7, 11) is 0. The van der Waals surface area contributed by atoms with Gasteiger partial charge < -0.3 is 10.6 Å². The van der Waals surface area contributed by atoms with E-state index >= 15 is 0 Å². The van der Waals surface area contributed by atoms with Gasteiger partial charge in [0.1, 0.15) is 10.7 Å². The van der Waals surface area contributed by atoms with Crippen molar-refractivity contribution in [3.8, 4) is 0 Å². The lowest BCUT2D eigenvalue weighted by molar-refractivity contribution is 0.0980. The van der Waals surface area contributed by atoms with Crippen molar-refractivity contribution in [1.82, 2.24) is 4.98 Å². The maximum atomic E-state index is 12.9. The van der Waals surface area contributed by atoms with Crippen molar-refractivity contribution in [2.24, 2.45) is 5.73 Å². The molecule has 1 aliphatic heterocycles. The van der Waals surface area contributed by atoms with E-state index in [0.29, 0.717) is 12.2 Å². The van der Waals surface area contributed by atoms with Gasteiger partial charge in [0.15, 0.2) is 0 Å². The number of benzene rings is 1. The number of anilines is 1. The van der Waals surface area contributed by atoms with Crippen LogP contribution in [0.4, 0.5) is 5.69 Å². The topological polar surface area (TPSA) is 59.2 Å². The standard InChI is InChI=1S/C17H19N3OS.ClH/c18-9-15-19-13(10-22-15)16(21)20-11-17(7-3-4-8-17)12-5-1-2-6-14(12)20;/h1-2,5-6,10H,3-4,7-9,11,18H2;1H. The van der Waals surface area contributed by atoms with E-state index in [-0.39, 0.29) is 23.7 Å². The van der Waals surface area contributed by atoms with Gasteiger partial charge >= 0.3 is 0 Å². The van der Waals surface area contributed by atoms with Crippen LogP contribution in [0.5, 0.6) is 0 Å². The zero-order chi connectivity index (χ0) is 15.2. The van der Waals surface area contributed by atoms with Gasteiger partial charge in [0.05, 0.1) is 0 Å². The van der Waals surface area contributed by atoms with Gasteiger partial charge in [-0.25, -0.2) is 4.98 Å². The van der Waals surface area contributed by atoms with E-state index in [1.54, 1.807) is 0 Å². The summed E-state index contributed by atoms with van der Waals surface area (Å²) in [6, 6.07) is 8.36. The Bertz CT molecular complexity index is 724. The third-order valence-corrected chi connectivity index (χ3v) is 5.85. The Balaban J connectivity index is 0.00000156. The summed E-state index contributed by atoms with van der Waals surface area (Å²) in [6.07, 6.45) is 4.87. The first kappa shape index (κ1) is 16.4. The van der Waals surface area contributed by atoms with Crippen LogP contribution in [0.25, 0.3) is 0 Å². The molecular formula is C17H20ClN3OS. The van der Waals surface area contributed by atoms with Gasteiger partial charge in [-0.2, -0.15) is 0 Å². The summed E-state index contributed by atoms with van der Waals surface area (Å²) >= 11 is 1.46. The number of carbonyl (C=O) groups is 1. The smallest absolute Gasteiger partial charge is 0.277 e. The summed E-state index contributed by atoms with van der Waals surface area (Å²) in [4.78, 5) is 19.2. The van der Waals surface area contributed by atoms with Crippen molar-refractivity contribution in [3.63, 3.8) is 0 Å². The number of aromatic nitrogens is 1. The monoisotopic (exact) mass is 349 g/mol. The van der Waals surface area contributed by atoms with Gasteiger partial charge in [0, 0.05) is 29.6 Å². The number of hydrogen-bond acceptors (Lipinski definition) is 4. The molecule has 2 aliphatic rings. The Morgan fingerprint density at radius 1 is 1.30 bits per heavy atom. The largest absolute Gasteiger partial charge is 0.325 e. The van der Waals surface area contributed by atoms with E-state index in [0.717, 1.165) is 17.2 Å². The molecule has 0 unspecified atom stereocenters. The molecule has 1 aromatic heterocycles. The number of nitrogens with zero attached hydrogens (tertiary/aromatic N) is 2. The number of carbonyl (C=O) groups excluding carboxylic acids is 1. The van der Waals surface area contributed by atoms with Gasteiger partial charge in [-0.15, -0.1) is 23.7 Å². The summed E-state index contributed by atoms with van der Waals surface area (Å²) in [6.45, 7) is 1.18. The molecule has 1 amide bonds. The molecule has 1 fully saturated rings. The number of para-hydroxylation sites is 1. The molecule has 2 N–H and O–H groups in total. The Hall–Kier alpha value is -1.43. The number of halogens is 1. The predicted molar refractivity (Wildman–Crippen MR) is 95.5 cm³/mol. The van der Waals surface area contributed by atoms with Crippen LogP contribution in [0.3, 0.4) is 0 Å². The maximum absolute atomic E-state index is 12.9. The second-order valence-corrected chi connectivity index (χ2v) is 7.17. The molecule has 1 aromatic carbocycles. The second kappa shape index (κ2) is 6.23. The highest BCUT2D eigenvalue weighted by Gasteiger charge is 2.46. The Morgan fingerprint density at radius 3 is 2.74 bits per heavy atom. The first-order valence-electron chi connectivity index (χ1n) is 7.79. The molecule has 2 aromatic rings. The molecule has 0 saturated heterocycles. The lowest BCUT2D eigenvalue weighted by Gasteiger charge is -2.24. The van der Waals surface area contributed by atoms with Gasteiger partial charge in [-0.1, -0.05) is 31.0 Å². The molecule has 0 atom stereocenters. The van der Waals surface area contributed by atoms with Crippen LogP contribution in [-0.4, -0.2) is 17.4 Å². The molecular weight excluding hydrogens is 330 g/mol. The van der Waals surface area contributed by atoms with E-state index in [4.69, 9.17) is 5.73 Å². The number of amides is 1. The van der Waals surface area contributed by atoms with Crippen molar-refractivity contribution in [2.75, 3.05) is 11.4 Å². The SMILES string of the molecule is Cl.NCc1nc(C(=O)N2CC3(CCCC3)c3ccccc32)cs1. The number of fused-ring (bicyclic) bond motifs is 2. The van der Waals surface area contributed by atoms with E-state index in [9.17, 15) is 4.79 Å². The highest BCUT2D eigenvalue weighted by atomic mass is 35.5. The van der Waals surface area contributed by atoms with E-state index in [1.807, 2.05) is 16.3 Å². The van der Waals surface area contributed by atoms with Gasteiger partial charge in [-0.3, -0.25) is 4.79 Å². The minimum atomic E-state index is 0. The molecule has 122 valence electrons. The lowest BCUT2D eigenvalue weighted by atomic mass is 9.81. The lowest BCUT2D eigenvalue weighted by Crippen LogP contribution is -2.35. The molecule has 1 saturated carbocycles. The normalized spacial score (nSPS) is 18.0. The number of thiazole rings is 1. The first-order valence-corrected chi connectivity index (χ1v) is 8.67. The van der Waals surface area contributed by atoms with Crippen molar-refractivity contribution in [1.29, 1.82) is 0 Å². The van der Waals surface area contributed by atoms with Gasteiger partial charge in [-0.05, 0) is 24.5 Å². The van der Waals surface area contributed by atoms with Crippen LogP contribution in [0.2, 0.25) is 0 Å². The minimum Gasteiger partial charge on any atom is -0.325 e. The first-order chi connectivity index (χ1) is 10.7. The highest BCUT2D eigenvalue weighted by molar-refractivity contribution is 7.09. The molecule has 4 nitrogen and oxygen atoms in total. The van der Waals surface area contributed by atoms with Crippen LogP contribution in [0.15, 0.2) is 29.6 Å². The number of rotatable bonds is 2. The van der Waals surface area contributed by atoms with Gasteiger partial charge in [0.2, 0.25) is 0 Å². The Kier molecular flexibility index (Phi) is 4.45. The molecule has 2 heterocycles. The summed E-state index contributed by atoms with van der Waals surface area (Å²) in [5.41, 5.74) is 8.71. The fraction of sp³-hybridized carbons (Fsp3) is 0.412. The minimum absolute atomic E-state index is 0. The molecule has 1 aliphatic carbocycles. The average Bonchev–Trinajstić information content (AvgIpc) is 3.28. The molecule has 6 heteroatoms. The zero-order valence-corrected chi connectivity index (χ0v) is 14.5. The van der Waals surface area contributed by atoms with E-state index in [2.05, 4.69) is 23.2 Å². The summed E-state index contributed by atoms with van der Waals surface area (Å²) < 4.78 is 0. The summed E-state index contributed by atoms with van der Waals surface area (Å²) in [5, 5.41) is 2.64. The Labute approximate surface area is 146 Å². The highest BCUT2D eigenvalue weighted by Crippen LogP contribution is 2.50. The molecule has 4 rings (SSSR count). The average molecular weight is 350 g/mol. The quantitative estimate of drug-likeness (QED) is 0.902. The molecule has 0 radical (unpaired) electrons. The fourth-order valence-electron chi connectivity index (χ4n) is 3.93.